The number of anilines is 1. The van der Waals surface area contributed by atoms with Gasteiger partial charge in [0.15, 0.2) is 5.82 Å². The first-order chi connectivity index (χ1) is 12.8. The third-order valence-electron chi connectivity index (χ3n) is 4.72. The molecule has 7 heteroatoms. The predicted molar refractivity (Wildman–Crippen MR) is 97.8 cm³/mol. The molecule has 0 spiro atoms. The van der Waals surface area contributed by atoms with Gasteiger partial charge in [0.05, 0.1) is 12.7 Å². The molecule has 2 aromatic heterocycles. The van der Waals surface area contributed by atoms with Gasteiger partial charge in [-0.15, -0.1) is 0 Å². The lowest BCUT2D eigenvalue weighted by Gasteiger charge is -2.34. The molecule has 0 atom stereocenters. The minimum Gasteiger partial charge on any atom is -0.353 e. The summed E-state index contributed by atoms with van der Waals surface area (Å²) in [5.41, 5.74) is 2.48. The number of rotatable bonds is 5. The van der Waals surface area contributed by atoms with Crippen molar-refractivity contribution >= 4 is 5.82 Å². The Morgan fingerprint density at radius 2 is 1.92 bits per heavy atom. The van der Waals surface area contributed by atoms with Gasteiger partial charge < -0.3 is 9.42 Å². The molecule has 134 valence electrons. The molecule has 1 aromatic carbocycles. The molecule has 0 amide bonds. The third-order valence-corrected chi connectivity index (χ3v) is 4.72. The summed E-state index contributed by atoms with van der Waals surface area (Å²) in [6.45, 7) is 6.51. The molecular formula is C19H22N6O. The second-order valence-electron chi connectivity index (χ2n) is 6.53. The maximum atomic E-state index is 5.45. The van der Waals surface area contributed by atoms with E-state index in [2.05, 4.69) is 49.0 Å². The van der Waals surface area contributed by atoms with Gasteiger partial charge in [0.1, 0.15) is 5.82 Å². The van der Waals surface area contributed by atoms with Crippen LogP contribution in [0.5, 0.6) is 0 Å². The van der Waals surface area contributed by atoms with Crippen molar-refractivity contribution in [3.05, 3.63) is 65.7 Å². The van der Waals surface area contributed by atoms with Crippen LogP contribution >= 0.6 is 0 Å². The minimum atomic E-state index is 0.682. The van der Waals surface area contributed by atoms with E-state index in [1.807, 2.05) is 18.3 Å². The van der Waals surface area contributed by atoms with Crippen LogP contribution in [0.15, 0.2) is 47.4 Å². The molecule has 0 aliphatic carbocycles. The van der Waals surface area contributed by atoms with Crippen molar-refractivity contribution < 1.29 is 4.52 Å². The van der Waals surface area contributed by atoms with Crippen LogP contribution in [0, 0.1) is 6.92 Å². The molecule has 1 aliphatic heterocycles. The molecule has 0 N–H and O–H groups in total. The van der Waals surface area contributed by atoms with Crippen molar-refractivity contribution in [3.63, 3.8) is 0 Å². The first-order valence-corrected chi connectivity index (χ1v) is 8.87. The van der Waals surface area contributed by atoms with Gasteiger partial charge >= 0.3 is 0 Å². The molecule has 7 nitrogen and oxygen atoms in total. The van der Waals surface area contributed by atoms with Crippen molar-refractivity contribution in [1.82, 2.24) is 25.0 Å². The van der Waals surface area contributed by atoms with E-state index in [1.54, 1.807) is 12.4 Å². The minimum absolute atomic E-state index is 0.682. The maximum Gasteiger partial charge on any atom is 0.240 e. The lowest BCUT2D eigenvalue weighted by molar-refractivity contribution is 0.215. The Hall–Kier alpha value is -2.80. The highest BCUT2D eigenvalue weighted by molar-refractivity contribution is 5.35. The van der Waals surface area contributed by atoms with Gasteiger partial charge in [-0.1, -0.05) is 29.4 Å². The molecule has 3 heterocycles. The number of nitrogens with zero attached hydrogens (tertiary/aromatic N) is 6. The van der Waals surface area contributed by atoms with Crippen LogP contribution < -0.4 is 4.90 Å². The zero-order chi connectivity index (χ0) is 17.8. The van der Waals surface area contributed by atoms with Crippen LogP contribution in [0.25, 0.3) is 0 Å². The molecule has 0 saturated carbocycles. The molecule has 0 bridgehead atoms. The number of piperazine rings is 1. The Morgan fingerprint density at radius 3 is 2.69 bits per heavy atom. The highest BCUT2D eigenvalue weighted by Crippen LogP contribution is 2.15. The average molecular weight is 350 g/mol. The Balaban J connectivity index is 1.32. The summed E-state index contributed by atoms with van der Waals surface area (Å²) in [6, 6.07) is 8.30. The zero-order valence-corrected chi connectivity index (χ0v) is 14.9. The molecule has 3 aromatic rings. The third kappa shape index (κ3) is 3.88. The molecule has 1 fully saturated rings. The van der Waals surface area contributed by atoms with Gasteiger partial charge in [0.2, 0.25) is 5.89 Å². The van der Waals surface area contributed by atoms with E-state index in [1.165, 1.54) is 11.1 Å². The zero-order valence-electron chi connectivity index (χ0n) is 14.9. The second kappa shape index (κ2) is 7.61. The highest BCUT2D eigenvalue weighted by Gasteiger charge is 2.20. The van der Waals surface area contributed by atoms with Crippen LogP contribution in [0.3, 0.4) is 0 Å². The lowest BCUT2D eigenvalue weighted by Crippen LogP contribution is -2.46. The monoisotopic (exact) mass is 350 g/mol. The number of hydrogen-bond donors (Lipinski definition) is 0. The topological polar surface area (TPSA) is 71.2 Å². The first kappa shape index (κ1) is 16.7. The standard InChI is InChI=1S/C19H22N6O/c1-15-4-2-3-5-16(15)12-17-22-19(26-23-17)14-24-8-10-25(11-9-24)18-13-20-6-7-21-18/h2-7,13H,8-12,14H2,1H3. The van der Waals surface area contributed by atoms with Crippen molar-refractivity contribution in [3.8, 4) is 0 Å². The van der Waals surface area contributed by atoms with E-state index >= 15 is 0 Å². The van der Waals surface area contributed by atoms with E-state index in [-0.39, 0.29) is 0 Å². The van der Waals surface area contributed by atoms with Crippen LogP contribution in [0.4, 0.5) is 5.82 Å². The van der Waals surface area contributed by atoms with Crippen molar-refractivity contribution in [2.75, 3.05) is 31.1 Å². The molecule has 4 rings (SSSR count). The molecule has 1 saturated heterocycles. The van der Waals surface area contributed by atoms with Crippen LogP contribution in [-0.2, 0) is 13.0 Å². The maximum absolute atomic E-state index is 5.45. The van der Waals surface area contributed by atoms with Crippen LogP contribution in [0.2, 0.25) is 0 Å². The van der Waals surface area contributed by atoms with Gasteiger partial charge in [-0.2, -0.15) is 4.98 Å². The van der Waals surface area contributed by atoms with Crippen molar-refractivity contribution in [2.45, 2.75) is 19.9 Å². The molecule has 0 radical (unpaired) electrons. The fourth-order valence-corrected chi connectivity index (χ4v) is 3.19. The first-order valence-electron chi connectivity index (χ1n) is 8.87. The van der Waals surface area contributed by atoms with Gasteiger partial charge in [-0.05, 0) is 18.1 Å². The Kier molecular flexibility index (Phi) is 4.88. The van der Waals surface area contributed by atoms with E-state index in [4.69, 9.17) is 4.52 Å². The number of benzene rings is 1. The van der Waals surface area contributed by atoms with E-state index in [0.717, 1.165) is 37.8 Å². The van der Waals surface area contributed by atoms with Crippen molar-refractivity contribution in [1.29, 1.82) is 0 Å². The van der Waals surface area contributed by atoms with Gasteiger partial charge in [-0.3, -0.25) is 9.88 Å². The second-order valence-corrected chi connectivity index (χ2v) is 6.53. The summed E-state index contributed by atoms with van der Waals surface area (Å²) < 4.78 is 5.45. The summed E-state index contributed by atoms with van der Waals surface area (Å²) in [5, 5.41) is 4.14. The normalized spacial score (nSPS) is 15.3. The number of aryl methyl sites for hydroxylation is 1. The van der Waals surface area contributed by atoms with Crippen LogP contribution in [0.1, 0.15) is 22.8 Å². The fourth-order valence-electron chi connectivity index (χ4n) is 3.19. The number of hydrogen-bond acceptors (Lipinski definition) is 7. The Labute approximate surface area is 152 Å². The van der Waals surface area contributed by atoms with Crippen LogP contribution in [-0.4, -0.2) is 51.2 Å². The van der Waals surface area contributed by atoms with Gasteiger partial charge in [0, 0.05) is 45.0 Å². The highest BCUT2D eigenvalue weighted by atomic mass is 16.5. The summed E-state index contributed by atoms with van der Waals surface area (Å²) >= 11 is 0. The molecule has 0 unspecified atom stereocenters. The number of aromatic nitrogens is 4. The van der Waals surface area contributed by atoms with E-state index < -0.39 is 0 Å². The Morgan fingerprint density at radius 1 is 1.08 bits per heavy atom. The largest absolute Gasteiger partial charge is 0.353 e. The van der Waals surface area contributed by atoms with Gasteiger partial charge in [-0.25, -0.2) is 4.98 Å². The predicted octanol–water partition coefficient (Wildman–Crippen LogP) is 2.08. The summed E-state index contributed by atoms with van der Waals surface area (Å²) in [4.78, 5) is 17.6. The SMILES string of the molecule is Cc1ccccc1Cc1noc(CN2CCN(c3cnccn3)CC2)n1. The fraction of sp³-hybridized carbons (Fsp3) is 0.368. The molecular weight excluding hydrogens is 328 g/mol. The van der Waals surface area contributed by atoms with Gasteiger partial charge in [0.25, 0.3) is 0 Å². The molecule has 1 aliphatic rings. The Bertz CT molecular complexity index is 842. The summed E-state index contributed by atoms with van der Waals surface area (Å²) in [6.07, 6.45) is 5.95. The smallest absolute Gasteiger partial charge is 0.240 e. The molecule has 26 heavy (non-hydrogen) atoms. The summed E-state index contributed by atoms with van der Waals surface area (Å²) in [5.74, 6) is 2.36. The van der Waals surface area contributed by atoms with E-state index in [9.17, 15) is 0 Å². The quantitative estimate of drug-likeness (QED) is 0.697. The average Bonchev–Trinajstić information content (AvgIpc) is 3.12. The summed E-state index contributed by atoms with van der Waals surface area (Å²) in [7, 11) is 0. The lowest BCUT2D eigenvalue weighted by atomic mass is 10.1. The van der Waals surface area contributed by atoms with E-state index in [0.29, 0.717) is 18.9 Å². The van der Waals surface area contributed by atoms with Crippen molar-refractivity contribution in [2.24, 2.45) is 0 Å².